The van der Waals surface area contributed by atoms with Gasteiger partial charge in [0.2, 0.25) is 0 Å². The van der Waals surface area contributed by atoms with Crippen molar-refractivity contribution in [2.24, 2.45) is 0 Å². The van der Waals surface area contributed by atoms with E-state index in [1.807, 2.05) is 0 Å². The lowest BCUT2D eigenvalue weighted by Gasteiger charge is -2.06. The normalized spacial score (nSPS) is 12.1. The van der Waals surface area contributed by atoms with Crippen LogP contribution in [0.25, 0.3) is 0 Å². The maximum Gasteiger partial charge on any atom is 0.332 e. The fourth-order valence-corrected chi connectivity index (χ4v) is 1.58. The Morgan fingerprint density at radius 3 is 2.80 bits per heavy atom. The molecule has 1 heterocycles. The number of aliphatic hydroxyl groups is 1. The average molecular weight is 229 g/mol. The molecular formula is C9H11NO4S. The largest absolute Gasteiger partial charge is 0.479 e. The topological polar surface area (TPSA) is 86.6 Å². The summed E-state index contributed by atoms with van der Waals surface area (Å²) in [5.41, 5.74) is 0.546. The third-order valence-electron chi connectivity index (χ3n) is 1.77. The smallest absolute Gasteiger partial charge is 0.332 e. The van der Waals surface area contributed by atoms with E-state index in [4.69, 9.17) is 10.2 Å². The summed E-state index contributed by atoms with van der Waals surface area (Å²) in [6.07, 6.45) is -1.42. The van der Waals surface area contributed by atoms with E-state index < -0.39 is 12.1 Å². The lowest BCUT2D eigenvalue weighted by Crippen LogP contribution is -2.29. The van der Waals surface area contributed by atoms with Gasteiger partial charge in [-0.2, -0.15) is 11.3 Å². The van der Waals surface area contributed by atoms with Crippen molar-refractivity contribution in [3.05, 3.63) is 22.4 Å². The summed E-state index contributed by atoms with van der Waals surface area (Å²) in [7, 11) is 0. The van der Waals surface area contributed by atoms with Crippen LogP contribution in [0, 0.1) is 0 Å². The molecule has 1 rings (SSSR count). The number of carbonyl (C=O) groups excluding carboxylic acids is 1. The first-order valence-electron chi connectivity index (χ1n) is 4.32. The van der Waals surface area contributed by atoms with E-state index in [0.717, 1.165) is 0 Å². The van der Waals surface area contributed by atoms with Crippen molar-refractivity contribution in [1.29, 1.82) is 0 Å². The Hall–Kier alpha value is -1.40. The molecule has 0 aliphatic rings. The number of carboxylic acid groups (broad SMARTS) is 1. The highest BCUT2D eigenvalue weighted by Gasteiger charge is 2.13. The summed E-state index contributed by atoms with van der Waals surface area (Å²) < 4.78 is 0. The van der Waals surface area contributed by atoms with Gasteiger partial charge in [-0.3, -0.25) is 4.79 Å². The molecule has 1 unspecified atom stereocenters. The Bertz CT molecular complexity index is 336. The molecule has 0 aromatic carbocycles. The Morgan fingerprint density at radius 1 is 1.53 bits per heavy atom. The minimum Gasteiger partial charge on any atom is -0.479 e. The number of thiophene rings is 1. The molecule has 0 spiro atoms. The van der Waals surface area contributed by atoms with E-state index in [9.17, 15) is 9.59 Å². The summed E-state index contributed by atoms with van der Waals surface area (Å²) in [5, 5.41) is 23.3. The predicted molar refractivity (Wildman–Crippen MR) is 54.9 cm³/mol. The van der Waals surface area contributed by atoms with E-state index in [1.54, 1.807) is 16.8 Å². The zero-order valence-electron chi connectivity index (χ0n) is 7.84. The molecule has 0 radical (unpaired) electrons. The van der Waals surface area contributed by atoms with Gasteiger partial charge in [0, 0.05) is 23.9 Å². The maximum atomic E-state index is 11.3. The highest BCUT2D eigenvalue weighted by Crippen LogP contribution is 2.05. The Morgan fingerprint density at radius 2 is 2.27 bits per heavy atom. The third kappa shape index (κ3) is 3.69. The van der Waals surface area contributed by atoms with Gasteiger partial charge >= 0.3 is 5.97 Å². The number of carbonyl (C=O) groups is 2. The molecule has 0 aliphatic carbocycles. The number of carboxylic acids is 1. The molecule has 0 saturated heterocycles. The van der Waals surface area contributed by atoms with Crippen molar-refractivity contribution in [1.82, 2.24) is 5.32 Å². The first-order valence-corrected chi connectivity index (χ1v) is 5.27. The number of aliphatic carboxylic acids is 1. The second-order valence-corrected chi connectivity index (χ2v) is 3.69. The lowest BCUT2D eigenvalue weighted by atomic mass is 10.2. The number of hydrogen-bond acceptors (Lipinski definition) is 4. The van der Waals surface area contributed by atoms with Gasteiger partial charge in [0.05, 0.1) is 0 Å². The monoisotopic (exact) mass is 229 g/mol. The number of rotatable bonds is 5. The molecule has 1 atom stereocenters. The molecule has 1 aromatic heterocycles. The predicted octanol–water partition coefficient (Wildman–Crippen LogP) is 0.313. The number of aliphatic hydroxyl groups excluding tert-OH is 1. The molecule has 0 bridgehead atoms. The molecular weight excluding hydrogens is 218 g/mol. The molecule has 82 valence electrons. The Labute approximate surface area is 90.4 Å². The van der Waals surface area contributed by atoms with Crippen LogP contribution < -0.4 is 5.32 Å². The Balaban J connectivity index is 2.27. The quantitative estimate of drug-likeness (QED) is 0.678. The number of hydrogen-bond donors (Lipinski definition) is 3. The molecule has 5 nitrogen and oxygen atoms in total. The highest BCUT2D eigenvalue weighted by atomic mass is 32.1. The molecule has 15 heavy (non-hydrogen) atoms. The summed E-state index contributed by atoms with van der Waals surface area (Å²) in [6.45, 7) is 0.141. The van der Waals surface area contributed by atoms with Gasteiger partial charge in [-0.05, 0) is 11.4 Å². The van der Waals surface area contributed by atoms with E-state index in [0.29, 0.717) is 5.56 Å². The summed E-state index contributed by atoms with van der Waals surface area (Å²) in [4.78, 5) is 21.6. The molecule has 1 aromatic rings. The molecule has 6 heteroatoms. The fourth-order valence-electron chi connectivity index (χ4n) is 0.942. The van der Waals surface area contributed by atoms with E-state index in [1.165, 1.54) is 11.3 Å². The van der Waals surface area contributed by atoms with Gasteiger partial charge in [0.15, 0.2) is 6.10 Å². The van der Waals surface area contributed by atoms with Crippen LogP contribution in [0.2, 0.25) is 0 Å². The second-order valence-electron chi connectivity index (χ2n) is 2.91. The number of nitrogens with one attached hydrogen (secondary N) is 1. The molecule has 0 aliphatic heterocycles. The summed E-state index contributed by atoms with van der Waals surface area (Å²) >= 11 is 1.41. The highest BCUT2D eigenvalue weighted by molar-refractivity contribution is 7.08. The van der Waals surface area contributed by atoms with Crippen molar-refractivity contribution in [2.75, 3.05) is 6.54 Å². The first kappa shape index (κ1) is 11.7. The summed E-state index contributed by atoms with van der Waals surface area (Å²) in [5.74, 6) is -1.53. The third-order valence-corrected chi connectivity index (χ3v) is 2.45. The van der Waals surface area contributed by atoms with Gasteiger partial charge in [-0.1, -0.05) is 0 Å². The van der Waals surface area contributed by atoms with Crippen molar-refractivity contribution in [3.63, 3.8) is 0 Å². The molecule has 1 amide bonds. The van der Waals surface area contributed by atoms with Crippen LogP contribution in [-0.4, -0.2) is 34.7 Å². The first-order chi connectivity index (χ1) is 7.11. The fraction of sp³-hybridized carbons (Fsp3) is 0.333. The van der Waals surface area contributed by atoms with E-state index in [2.05, 4.69) is 5.32 Å². The second kappa shape index (κ2) is 5.47. The van der Waals surface area contributed by atoms with Crippen LogP contribution >= 0.6 is 11.3 Å². The van der Waals surface area contributed by atoms with Gasteiger partial charge in [0.1, 0.15) is 0 Å². The standard InChI is InChI=1S/C9H11NO4S/c11-7(9(13)14)1-3-10-8(12)6-2-4-15-5-6/h2,4-5,7,11H,1,3H2,(H,10,12)(H,13,14). The zero-order chi connectivity index (χ0) is 11.3. The average Bonchev–Trinajstić information content (AvgIpc) is 2.70. The van der Waals surface area contributed by atoms with Gasteiger partial charge in [-0.15, -0.1) is 0 Å². The molecule has 0 fully saturated rings. The van der Waals surface area contributed by atoms with Crippen LogP contribution in [0.4, 0.5) is 0 Å². The molecule has 0 saturated carbocycles. The van der Waals surface area contributed by atoms with Crippen molar-refractivity contribution in [2.45, 2.75) is 12.5 Å². The maximum absolute atomic E-state index is 11.3. The van der Waals surface area contributed by atoms with Gasteiger partial charge in [0.25, 0.3) is 5.91 Å². The van der Waals surface area contributed by atoms with E-state index >= 15 is 0 Å². The van der Waals surface area contributed by atoms with Crippen LogP contribution in [-0.2, 0) is 4.79 Å². The zero-order valence-corrected chi connectivity index (χ0v) is 8.66. The summed E-state index contributed by atoms with van der Waals surface area (Å²) in [6, 6.07) is 1.67. The van der Waals surface area contributed by atoms with Crippen LogP contribution in [0.5, 0.6) is 0 Å². The number of amides is 1. The SMILES string of the molecule is O=C(NCCC(O)C(=O)O)c1ccsc1. The minimum absolute atomic E-state index is 0.00517. The van der Waals surface area contributed by atoms with Crippen LogP contribution in [0.1, 0.15) is 16.8 Å². The van der Waals surface area contributed by atoms with E-state index in [-0.39, 0.29) is 18.9 Å². The molecule has 3 N–H and O–H groups in total. The van der Waals surface area contributed by atoms with Crippen LogP contribution in [0.3, 0.4) is 0 Å². The van der Waals surface area contributed by atoms with Gasteiger partial charge in [-0.25, -0.2) is 4.79 Å². The minimum atomic E-state index is -1.42. The lowest BCUT2D eigenvalue weighted by molar-refractivity contribution is -0.146. The van der Waals surface area contributed by atoms with Gasteiger partial charge < -0.3 is 15.5 Å². The Kier molecular flexibility index (Phi) is 4.26. The van der Waals surface area contributed by atoms with Crippen molar-refractivity contribution >= 4 is 23.2 Å². The van der Waals surface area contributed by atoms with Crippen molar-refractivity contribution in [3.8, 4) is 0 Å². The van der Waals surface area contributed by atoms with Crippen LogP contribution in [0.15, 0.2) is 16.8 Å². The van der Waals surface area contributed by atoms with Crippen molar-refractivity contribution < 1.29 is 19.8 Å².